The fourth-order valence-electron chi connectivity index (χ4n) is 1.06. The van der Waals surface area contributed by atoms with E-state index >= 15 is 0 Å². The number of nitrogens with zero attached hydrogens (tertiary/aromatic N) is 1. The minimum absolute atomic E-state index is 0.0479. The quantitative estimate of drug-likeness (QED) is 0.902. The van der Waals surface area contributed by atoms with E-state index in [9.17, 15) is 4.79 Å². The first kappa shape index (κ1) is 9.93. The zero-order valence-corrected chi connectivity index (χ0v) is 9.60. The third-order valence-corrected chi connectivity index (χ3v) is 3.19. The highest BCUT2D eigenvalue weighted by atomic mass is 79.9. The largest absolute Gasteiger partial charge is 0.310 e. The number of carbonyl (C=O) groups excluding carboxylic acids is 1. The zero-order valence-electron chi connectivity index (χ0n) is 7.26. The van der Waals surface area contributed by atoms with Crippen LogP contribution >= 0.6 is 27.5 Å². The molecule has 1 fully saturated rings. The summed E-state index contributed by atoms with van der Waals surface area (Å²) in [5, 5.41) is 3.27. The summed E-state index contributed by atoms with van der Waals surface area (Å²) in [5.74, 6) is 0.774. The van der Waals surface area contributed by atoms with Crippen LogP contribution in [0, 0.1) is 5.92 Å². The van der Waals surface area contributed by atoms with Crippen LogP contribution in [0.1, 0.15) is 12.8 Å². The number of amides is 1. The van der Waals surface area contributed by atoms with Crippen molar-refractivity contribution in [2.75, 3.05) is 5.32 Å². The van der Waals surface area contributed by atoms with Gasteiger partial charge in [0.05, 0.1) is 5.02 Å². The smallest absolute Gasteiger partial charge is 0.228 e. The van der Waals surface area contributed by atoms with Crippen molar-refractivity contribution < 1.29 is 4.79 Å². The first-order chi connectivity index (χ1) is 6.66. The highest BCUT2D eigenvalue weighted by Crippen LogP contribution is 2.30. The topological polar surface area (TPSA) is 42.0 Å². The van der Waals surface area contributed by atoms with Gasteiger partial charge in [0.1, 0.15) is 5.82 Å². The van der Waals surface area contributed by atoms with Crippen LogP contribution in [-0.2, 0) is 4.79 Å². The molecule has 74 valence electrons. The molecule has 0 bridgehead atoms. The second kappa shape index (κ2) is 3.87. The summed E-state index contributed by atoms with van der Waals surface area (Å²) in [6.45, 7) is 0. The van der Waals surface area contributed by atoms with Crippen LogP contribution in [0.25, 0.3) is 0 Å². The van der Waals surface area contributed by atoms with E-state index in [1.807, 2.05) is 0 Å². The molecule has 0 aromatic carbocycles. The van der Waals surface area contributed by atoms with Gasteiger partial charge in [0, 0.05) is 16.6 Å². The number of halogens is 2. The molecule has 0 unspecified atom stereocenters. The average Bonchev–Trinajstić information content (AvgIpc) is 2.94. The maximum absolute atomic E-state index is 11.4. The molecule has 3 nitrogen and oxygen atoms in total. The summed E-state index contributed by atoms with van der Waals surface area (Å²) in [6, 6.07) is 1.70. The zero-order chi connectivity index (χ0) is 10.1. The van der Waals surface area contributed by atoms with Crippen LogP contribution in [0.15, 0.2) is 16.7 Å². The Balaban J connectivity index is 2.08. The predicted octanol–water partition coefficient (Wildman–Crippen LogP) is 2.85. The van der Waals surface area contributed by atoms with Gasteiger partial charge < -0.3 is 5.32 Å². The van der Waals surface area contributed by atoms with Gasteiger partial charge in [0.2, 0.25) is 5.91 Å². The summed E-state index contributed by atoms with van der Waals surface area (Å²) in [6.07, 6.45) is 3.48. The Labute approximate surface area is 95.0 Å². The summed E-state index contributed by atoms with van der Waals surface area (Å²) in [4.78, 5) is 15.4. The molecule has 1 aromatic heterocycles. The van der Waals surface area contributed by atoms with E-state index in [-0.39, 0.29) is 11.8 Å². The van der Waals surface area contributed by atoms with Crippen LogP contribution in [0.2, 0.25) is 5.02 Å². The fraction of sp³-hybridized carbons (Fsp3) is 0.333. The van der Waals surface area contributed by atoms with Crippen LogP contribution < -0.4 is 5.32 Å². The average molecular weight is 276 g/mol. The Morgan fingerprint density at radius 1 is 1.64 bits per heavy atom. The molecular weight excluding hydrogens is 267 g/mol. The maximum atomic E-state index is 11.4. The van der Waals surface area contributed by atoms with Gasteiger partial charge in [-0.05, 0) is 34.8 Å². The van der Waals surface area contributed by atoms with Crippen molar-refractivity contribution in [1.82, 2.24) is 4.98 Å². The van der Waals surface area contributed by atoms with E-state index in [4.69, 9.17) is 11.6 Å². The van der Waals surface area contributed by atoms with Crippen molar-refractivity contribution in [2.24, 2.45) is 5.92 Å². The Kier molecular flexibility index (Phi) is 2.74. The predicted molar refractivity (Wildman–Crippen MR) is 58.3 cm³/mol. The number of carbonyl (C=O) groups is 1. The van der Waals surface area contributed by atoms with Gasteiger partial charge in [-0.1, -0.05) is 11.6 Å². The molecule has 0 radical (unpaired) electrons. The van der Waals surface area contributed by atoms with Crippen LogP contribution in [-0.4, -0.2) is 10.9 Å². The van der Waals surface area contributed by atoms with E-state index in [1.54, 1.807) is 6.07 Å². The minimum atomic E-state index is 0.0479. The lowest BCUT2D eigenvalue weighted by atomic mass is 10.4. The van der Waals surface area contributed by atoms with Gasteiger partial charge in [-0.2, -0.15) is 0 Å². The molecule has 1 N–H and O–H groups in total. The van der Waals surface area contributed by atoms with Gasteiger partial charge in [0.25, 0.3) is 0 Å². The minimum Gasteiger partial charge on any atom is -0.310 e. The van der Waals surface area contributed by atoms with Gasteiger partial charge in [-0.3, -0.25) is 4.79 Å². The van der Waals surface area contributed by atoms with Crippen LogP contribution in [0.5, 0.6) is 0 Å². The first-order valence-corrected chi connectivity index (χ1v) is 5.46. The molecule has 0 atom stereocenters. The molecule has 1 aromatic rings. The molecule has 2 rings (SSSR count). The van der Waals surface area contributed by atoms with Crippen molar-refractivity contribution in [3.63, 3.8) is 0 Å². The second-order valence-electron chi connectivity index (χ2n) is 3.25. The molecule has 0 saturated heterocycles. The highest BCUT2D eigenvalue weighted by Gasteiger charge is 2.29. The standard InChI is InChI=1S/C9H8BrClN2O/c10-6-3-8(12-4-7(6)11)13-9(14)5-1-2-5/h3-5H,1-2H2,(H,12,13,14). The summed E-state index contributed by atoms with van der Waals surface area (Å²) >= 11 is 9.04. The number of anilines is 1. The van der Waals surface area contributed by atoms with Crippen molar-refractivity contribution in [3.05, 3.63) is 21.8 Å². The normalized spacial score (nSPS) is 15.3. The van der Waals surface area contributed by atoms with Crippen LogP contribution in [0.4, 0.5) is 5.82 Å². The molecule has 0 aliphatic heterocycles. The van der Waals surface area contributed by atoms with E-state index < -0.39 is 0 Å². The number of pyridine rings is 1. The van der Waals surface area contributed by atoms with Crippen molar-refractivity contribution in [3.8, 4) is 0 Å². The summed E-state index contributed by atoms with van der Waals surface area (Å²) in [5.41, 5.74) is 0. The lowest BCUT2D eigenvalue weighted by molar-refractivity contribution is -0.117. The molecule has 1 saturated carbocycles. The van der Waals surface area contributed by atoms with Gasteiger partial charge in [0.15, 0.2) is 0 Å². The number of rotatable bonds is 2. The lowest BCUT2D eigenvalue weighted by Gasteiger charge is -2.03. The van der Waals surface area contributed by atoms with Gasteiger partial charge in [-0.25, -0.2) is 4.98 Å². The van der Waals surface area contributed by atoms with Crippen molar-refractivity contribution in [2.45, 2.75) is 12.8 Å². The number of hydrogen-bond donors (Lipinski definition) is 1. The molecule has 5 heteroatoms. The lowest BCUT2D eigenvalue weighted by Crippen LogP contribution is -2.14. The molecule has 1 aliphatic carbocycles. The highest BCUT2D eigenvalue weighted by molar-refractivity contribution is 9.10. The van der Waals surface area contributed by atoms with E-state index in [0.717, 1.165) is 17.3 Å². The van der Waals surface area contributed by atoms with E-state index in [2.05, 4.69) is 26.2 Å². The Hall–Kier alpha value is -0.610. The van der Waals surface area contributed by atoms with Gasteiger partial charge in [-0.15, -0.1) is 0 Å². The Morgan fingerprint density at radius 2 is 2.36 bits per heavy atom. The van der Waals surface area contributed by atoms with Crippen molar-refractivity contribution >= 4 is 39.3 Å². The first-order valence-electron chi connectivity index (χ1n) is 4.29. The summed E-state index contributed by atoms with van der Waals surface area (Å²) in [7, 11) is 0. The maximum Gasteiger partial charge on any atom is 0.228 e. The number of nitrogens with one attached hydrogen (secondary N) is 1. The molecule has 0 spiro atoms. The van der Waals surface area contributed by atoms with Gasteiger partial charge >= 0.3 is 0 Å². The Bertz CT molecular complexity index is 379. The molecule has 1 heterocycles. The second-order valence-corrected chi connectivity index (χ2v) is 4.51. The van der Waals surface area contributed by atoms with Crippen molar-refractivity contribution in [1.29, 1.82) is 0 Å². The SMILES string of the molecule is O=C(Nc1cc(Br)c(Cl)cn1)C1CC1. The summed E-state index contributed by atoms with van der Waals surface area (Å²) < 4.78 is 0.736. The number of hydrogen-bond acceptors (Lipinski definition) is 2. The van der Waals surface area contributed by atoms with Crippen LogP contribution in [0.3, 0.4) is 0 Å². The van der Waals surface area contributed by atoms with E-state index in [1.165, 1.54) is 6.20 Å². The Morgan fingerprint density at radius 3 is 2.93 bits per heavy atom. The third kappa shape index (κ3) is 2.25. The fourth-order valence-corrected chi connectivity index (χ4v) is 1.48. The number of aromatic nitrogens is 1. The van der Waals surface area contributed by atoms with E-state index in [0.29, 0.717) is 10.8 Å². The molecule has 1 amide bonds. The molecule has 1 aliphatic rings. The molecule has 14 heavy (non-hydrogen) atoms. The third-order valence-electron chi connectivity index (χ3n) is 2.01. The monoisotopic (exact) mass is 274 g/mol. The molecular formula is C9H8BrClN2O.